The predicted molar refractivity (Wildman–Crippen MR) is 239 cm³/mol. The van der Waals surface area contributed by atoms with Crippen molar-refractivity contribution in [2.24, 2.45) is 23.7 Å². The number of nitrogens with zero attached hydrogens (tertiary/aromatic N) is 4. The van der Waals surface area contributed by atoms with Gasteiger partial charge in [0.05, 0.1) is 11.0 Å². The summed E-state index contributed by atoms with van der Waals surface area (Å²) in [6.45, 7) is 0. The molecule has 5 aliphatic carbocycles. The zero-order valence-electron chi connectivity index (χ0n) is 32.8. The highest BCUT2D eigenvalue weighted by Gasteiger charge is 2.61. The van der Waals surface area contributed by atoms with Crippen molar-refractivity contribution in [3.63, 3.8) is 0 Å². The van der Waals surface area contributed by atoms with Crippen LogP contribution in [0.15, 0.2) is 170 Å². The van der Waals surface area contributed by atoms with Crippen LogP contribution in [-0.4, -0.2) is 19.5 Å². The van der Waals surface area contributed by atoms with Gasteiger partial charge in [-0.05, 0) is 108 Å². The molecule has 0 aliphatic heterocycles. The molecule has 0 N–H and O–H groups in total. The molecule has 0 radical (unpaired) electrons. The molecule has 2 aromatic heterocycles. The first-order valence-corrected chi connectivity index (χ1v) is 21.5. The van der Waals surface area contributed by atoms with Crippen molar-refractivity contribution in [2.75, 3.05) is 0 Å². The third-order valence-electron chi connectivity index (χ3n) is 14.6. The number of aromatic nitrogens is 4. The summed E-state index contributed by atoms with van der Waals surface area (Å²) in [7, 11) is 0. The SMILES string of the molecule is c1ccc(-c2nc(-c3ccc(-c4cccc5c6ccccc6n(-c6ccccc6)c45)cc3)nc(-c3ccc4c(c3)C3(c5ccccc5-4)C4CC5CC(C4)CC3C5)n2)cc1. The minimum absolute atomic E-state index is 0.0817. The Morgan fingerprint density at radius 3 is 1.69 bits per heavy atom. The Kier molecular flexibility index (Phi) is 7.16. The molecule has 0 saturated heterocycles. The predicted octanol–water partition coefficient (Wildman–Crippen LogP) is 13.4. The summed E-state index contributed by atoms with van der Waals surface area (Å²) in [5.41, 5.74) is 14.9. The molecule has 4 nitrogen and oxygen atoms in total. The number of hydrogen-bond acceptors (Lipinski definition) is 3. The smallest absolute Gasteiger partial charge is 0.164 e. The fraction of sp³-hybridized carbons (Fsp3) is 0.182. The zero-order valence-corrected chi connectivity index (χ0v) is 32.8. The highest BCUT2D eigenvalue weighted by atomic mass is 15.0. The molecule has 0 amide bonds. The van der Waals surface area contributed by atoms with Gasteiger partial charge in [-0.25, -0.2) is 15.0 Å². The fourth-order valence-electron chi connectivity index (χ4n) is 12.5. The molecule has 1 spiro atoms. The van der Waals surface area contributed by atoms with Crippen molar-refractivity contribution >= 4 is 21.8 Å². The van der Waals surface area contributed by atoms with Crippen LogP contribution < -0.4 is 0 Å². The van der Waals surface area contributed by atoms with Crippen LogP contribution >= 0.6 is 0 Å². The Hall–Kier alpha value is -6.65. The summed E-state index contributed by atoms with van der Waals surface area (Å²) < 4.78 is 2.40. The van der Waals surface area contributed by atoms with Gasteiger partial charge < -0.3 is 4.57 Å². The second-order valence-electron chi connectivity index (χ2n) is 17.6. The van der Waals surface area contributed by atoms with E-state index in [1.54, 1.807) is 5.56 Å². The van der Waals surface area contributed by atoms with Crippen molar-refractivity contribution < 1.29 is 0 Å². The Labute approximate surface area is 344 Å². The number of hydrogen-bond donors (Lipinski definition) is 0. The molecule has 0 atom stereocenters. The lowest BCUT2D eigenvalue weighted by Crippen LogP contribution is -2.55. The van der Waals surface area contributed by atoms with Crippen LogP contribution in [0.2, 0.25) is 0 Å². The normalized spacial score (nSPS) is 22.3. The molecular weight excluding hydrogens is 717 g/mol. The van der Waals surface area contributed by atoms with E-state index in [1.807, 2.05) is 6.07 Å². The van der Waals surface area contributed by atoms with Gasteiger partial charge >= 0.3 is 0 Å². The van der Waals surface area contributed by atoms with Crippen molar-refractivity contribution in [2.45, 2.75) is 37.5 Å². The van der Waals surface area contributed by atoms with E-state index >= 15 is 0 Å². The minimum Gasteiger partial charge on any atom is -0.309 e. The monoisotopic (exact) mass is 758 g/mol. The first kappa shape index (κ1) is 33.3. The molecule has 5 aliphatic rings. The van der Waals surface area contributed by atoms with Gasteiger partial charge in [0.2, 0.25) is 0 Å². The van der Waals surface area contributed by atoms with E-state index < -0.39 is 0 Å². The van der Waals surface area contributed by atoms with E-state index in [2.05, 4.69) is 168 Å². The average molecular weight is 759 g/mol. The van der Waals surface area contributed by atoms with Gasteiger partial charge in [-0.1, -0.05) is 146 Å². The molecule has 59 heavy (non-hydrogen) atoms. The number of rotatable bonds is 5. The third kappa shape index (κ3) is 4.86. The highest BCUT2D eigenvalue weighted by Crippen LogP contribution is 2.69. The largest absolute Gasteiger partial charge is 0.309 e. The summed E-state index contributed by atoms with van der Waals surface area (Å²) >= 11 is 0. The molecule has 4 bridgehead atoms. The molecule has 14 rings (SSSR count). The Balaban J connectivity index is 0.947. The molecule has 9 aromatic rings. The maximum absolute atomic E-state index is 5.31. The van der Waals surface area contributed by atoms with Crippen LogP contribution in [0.3, 0.4) is 0 Å². The zero-order chi connectivity index (χ0) is 38.7. The number of fused-ring (bicyclic) bond motifs is 6. The summed E-state index contributed by atoms with van der Waals surface area (Å²) in [5, 5.41) is 2.49. The fourth-order valence-corrected chi connectivity index (χ4v) is 12.5. The van der Waals surface area contributed by atoms with Crippen LogP contribution in [0.1, 0.15) is 43.2 Å². The molecule has 2 heterocycles. The van der Waals surface area contributed by atoms with E-state index in [1.165, 1.54) is 76.2 Å². The summed E-state index contributed by atoms with van der Waals surface area (Å²) in [4.78, 5) is 15.7. The maximum Gasteiger partial charge on any atom is 0.164 e. The number of para-hydroxylation sites is 3. The molecular formula is C55H42N4. The van der Waals surface area contributed by atoms with Gasteiger partial charge in [-0.15, -0.1) is 0 Å². The molecule has 4 fully saturated rings. The van der Waals surface area contributed by atoms with E-state index in [9.17, 15) is 0 Å². The quantitative estimate of drug-likeness (QED) is 0.176. The topological polar surface area (TPSA) is 43.6 Å². The standard InChI is InChI=1S/C55H42N4/c1-3-12-37(13-4-1)52-56-53(38-24-22-36(23-25-38)43-18-11-19-47-46-17-8-10-21-50(46)59(51(43)47)42-14-5-2-6-15-42)58-54(57-52)39-26-27-45-44-16-7-9-20-48(44)55(49(45)33-39)40-29-34-28-35(31-40)32-41(55)30-34/h1-27,33-35,40-41H,28-32H2. The lowest BCUT2D eigenvalue weighted by Gasteiger charge is -2.61. The van der Waals surface area contributed by atoms with Gasteiger partial charge in [0.25, 0.3) is 0 Å². The third-order valence-corrected chi connectivity index (χ3v) is 14.6. The highest BCUT2D eigenvalue weighted by molar-refractivity contribution is 6.13. The second kappa shape index (κ2) is 12.7. The van der Waals surface area contributed by atoms with Crippen LogP contribution in [0.5, 0.6) is 0 Å². The lowest BCUT2D eigenvalue weighted by molar-refractivity contribution is -0.0399. The van der Waals surface area contributed by atoms with Crippen molar-refractivity contribution in [3.05, 3.63) is 181 Å². The van der Waals surface area contributed by atoms with Gasteiger partial charge in [0.1, 0.15) is 0 Å². The van der Waals surface area contributed by atoms with Gasteiger partial charge in [0.15, 0.2) is 17.5 Å². The van der Waals surface area contributed by atoms with E-state index in [4.69, 9.17) is 15.0 Å². The van der Waals surface area contributed by atoms with E-state index in [0.29, 0.717) is 23.5 Å². The Bertz CT molecular complexity index is 3080. The Morgan fingerprint density at radius 2 is 0.949 bits per heavy atom. The van der Waals surface area contributed by atoms with Crippen LogP contribution in [0.4, 0.5) is 0 Å². The average Bonchev–Trinajstić information content (AvgIpc) is 3.79. The van der Waals surface area contributed by atoms with Gasteiger partial charge in [0, 0.05) is 44.1 Å². The first-order valence-electron chi connectivity index (χ1n) is 21.5. The molecule has 7 aromatic carbocycles. The summed E-state index contributed by atoms with van der Waals surface area (Å²) in [5.74, 6) is 5.30. The maximum atomic E-state index is 5.31. The van der Waals surface area contributed by atoms with Crippen LogP contribution in [0, 0.1) is 23.7 Å². The Morgan fingerprint density at radius 1 is 0.407 bits per heavy atom. The lowest BCUT2D eigenvalue weighted by atomic mass is 9.43. The van der Waals surface area contributed by atoms with Crippen LogP contribution in [-0.2, 0) is 5.41 Å². The van der Waals surface area contributed by atoms with Crippen molar-refractivity contribution in [1.29, 1.82) is 0 Å². The molecule has 282 valence electrons. The summed E-state index contributed by atoms with van der Waals surface area (Å²) in [6, 6.07) is 61.7. The summed E-state index contributed by atoms with van der Waals surface area (Å²) in [6.07, 6.45) is 6.88. The molecule has 0 unspecified atom stereocenters. The minimum atomic E-state index is 0.0817. The van der Waals surface area contributed by atoms with Gasteiger partial charge in [-0.3, -0.25) is 0 Å². The second-order valence-corrected chi connectivity index (χ2v) is 17.6. The van der Waals surface area contributed by atoms with Crippen molar-refractivity contribution in [1.82, 2.24) is 19.5 Å². The first-order chi connectivity index (χ1) is 29.2. The van der Waals surface area contributed by atoms with E-state index in [0.717, 1.165) is 45.6 Å². The molecule has 4 heteroatoms. The van der Waals surface area contributed by atoms with Gasteiger partial charge in [-0.2, -0.15) is 0 Å². The molecule has 4 saturated carbocycles. The van der Waals surface area contributed by atoms with Crippen LogP contribution in [0.25, 0.3) is 83.9 Å². The van der Waals surface area contributed by atoms with E-state index in [-0.39, 0.29) is 5.41 Å². The van der Waals surface area contributed by atoms with Crippen molar-refractivity contribution in [3.8, 4) is 62.1 Å². The number of benzene rings is 7.